The van der Waals surface area contributed by atoms with E-state index in [0.29, 0.717) is 12.5 Å². The number of alkyl halides is 3. The SMILES string of the molecule is CC(C)N(CC1CCNCC1)CC(C#N)C(F)(F)F. The van der Waals surface area contributed by atoms with E-state index in [1.807, 2.05) is 13.8 Å². The van der Waals surface area contributed by atoms with Crippen LogP contribution in [0, 0.1) is 23.2 Å². The highest BCUT2D eigenvalue weighted by atomic mass is 19.4. The van der Waals surface area contributed by atoms with Crippen molar-refractivity contribution in [3.05, 3.63) is 0 Å². The van der Waals surface area contributed by atoms with Crippen LogP contribution in [0.5, 0.6) is 0 Å². The Morgan fingerprint density at radius 1 is 1.32 bits per heavy atom. The van der Waals surface area contributed by atoms with Crippen molar-refractivity contribution in [2.75, 3.05) is 26.2 Å². The Bertz CT molecular complexity index is 303. The number of nitriles is 1. The normalized spacial score (nSPS) is 19.7. The predicted octanol–water partition coefficient (Wildman–Crippen LogP) is 2.40. The van der Waals surface area contributed by atoms with Gasteiger partial charge in [-0.05, 0) is 45.7 Å². The molecule has 19 heavy (non-hydrogen) atoms. The quantitative estimate of drug-likeness (QED) is 0.838. The van der Waals surface area contributed by atoms with Crippen LogP contribution in [0.2, 0.25) is 0 Å². The molecule has 0 radical (unpaired) electrons. The van der Waals surface area contributed by atoms with E-state index in [2.05, 4.69) is 5.32 Å². The van der Waals surface area contributed by atoms with Crippen molar-refractivity contribution >= 4 is 0 Å². The van der Waals surface area contributed by atoms with Gasteiger partial charge in [0.05, 0.1) is 6.07 Å². The van der Waals surface area contributed by atoms with Crippen molar-refractivity contribution < 1.29 is 13.2 Å². The van der Waals surface area contributed by atoms with Gasteiger partial charge in [-0.25, -0.2) is 0 Å². The third kappa shape index (κ3) is 5.37. The van der Waals surface area contributed by atoms with Crippen molar-refractivity contribution in [3.63, 3.8) is 0 Å². The third-order valence-electron chi connectivity index (χ3n) is 3.65. The largest absolute Gasteiger partial charge is 0.405 e. The van der Waals surface area contributed by atoms with E-state index in [4.69, 9.17) is 5.26 Å². The smallest absolute Gasteiger partial charge is 0.317 e. The molecule has 1 atom stereocenters. The maximum Gasteiger partial charge on any atom is 0.405 e. The van der Waals surface area contributed by atoms with E-state index in [-0.39, 0.29) is 12.6 Å². The first kappa shape index (κ1) is 16.3. The molecule has 1 rings (SSSR count). The van der Waals surface area contributed by atoms with Crippen molar-refractivity contribution in [1.82, 2.24) is 10.2 Å². The van der Waals surface area contributed by atoms with Crippen LogP contribution < -0.4 is 5.32 Å². The van der Waals surface area contributed by atoms with Gasteiger partial charge in [-0.3, -0.25) is 4.90 Å². The lowest BCUT2D eigenvalue weighted by atomic mass is 9.96. The zero-order valence-electron chi connectivity index (χ0n) is 11.5. The molecule has 1 N–H and O–H groups in total. The van der Waals surface area contributed by atoms with Gasteiger partial charge >= 0.3 is 6.18 Å². The zero-order chi connectivity index (χ0) is 14.5. The lowest BCUT2D eigenvalue weighted by molar-refractivity contribution is -0.164. The number of nitrogens with one attached hydrogen (secondary N) is 1. The fraction of sp³-hybridized carbons (Fsp3) is 0.923. The molecule has 3 nitrogen and oxygen atoms in total. The van der Waals surface area contributed by atoms with Crippen molar-refractivity contribution in [3.8, 4) is 6.07 Å². The van der Waals surface area contributed by atoms with E-state index < -0.39 is 12.1 Å². The summed E-state index contributed by atoms with van der Waals surface area (Å²) in [5.41, 5.74) is 0. The van der Waals surface area contributed by atoms with Crippen LogP contribution in [0.25, 0.3) is 0 Å². The van der Waals surface area contributed by atoms with Crippen molar-refractivity contribution in [2.24, 2.45) is 11.8 Å². The van der Waals surface area contributed by atoms with Gasteiger partial charge in [0.25, 0.3) is 0 Å². The average molecular weight is 277 g/mol. The Labute approximate surface area is 112 Å². The number of hydrogen-bond donors (Lipinski definition) is 1. The summed E-state index contributed by atoms with van der Waals surface area (Å²) in [6.07, 6.45) is -2.45. The van der Waals surface area contributed by atoms with E-state index in [1.165, 1.54) is 6.07 Å². The molecule has 1 aliphatic heterocycles. The van der Waals surface area contributed by atoms with Crippen LogP contribution in [0.4, 0.5) is 13.2 Å². The Balaban J connectivity index is 2.59. The number of rotatable bonds is 5. The molecule has 0 aromatic carbocycles. The molecular weight excluding hydrogens is 255 g/mol. The summed E-state index contributed by atoms with van der Waals surface area (Å²) in [6.45, 7) is 6.04. The van der Waals surface area contributed by atoms with Gasteiger partial charge in [-0.2, -0.15) is 18.4 Å². The average Bonchev–Trinajstić information content (AvgIpc) is 2.33. The monoisotopic (exact) mass is 277 g/mol. The Morgan fingerprint density at radius 2 is 1.89 bits per heavy atom. The van der Waals surface area contributed by atoms with Crippen LogP contribution in [-0.4, -0.2) is 43.3 Å². The summed E-state index contributed by atoms with van der Waals surface area (Å²) in [4.78, 5) is 1.79. The minimum Gasteiger partial charge on any atom is -0.317 e. The molecule has 0 aromatic rings. The highest BCUT2D eigenvalue weighted by Crippen LogP contribution is 2.27. The molecule has 110 valence electrons. The first-order chi connectivity index (χ1) is 8.84. The van der Waals surface area contributed by atoms with Crippen LogP contribution in [0.15, 0.2) is 0 Å². The van der Waals surface area contributed by atoms with Gasteiger partial charge in [0.1, 0.15) is 0 Å². The van der Waals surface area contributed by atoms with Crippen LogP contribution >= 0.6 is 0 Å². The van der Waals surface area contributed by atoms with E-state index >= 15 is 0 Å². The summed E-state index contributed by atoms with van der Waals surface area (Å²) in [6, 6.07) is 1.41. The van der Waals surface area contributed by atoms with Crippen molar-refractivity contribution in [2.45, 2.75) is 38.9 Å². The van der Waals surface area contributed by atoms with Gasteiger partial charge in [0, 0.05) is 19.1 Å². The summed E-state index contributed by atoms with van der Waals surface area (Å²) in [5, 5.41) is 11.9. The number of piperidine rings is 1. The van der Waals surface area contributed by atoms with E-state index in [0.717, 1.165) is 25.9 Å². The number of hydrogen-bond acceptors (Lipinski definition) is 3. The first-order valence-electron chi connectivity index (χ1n) is 6.75. The molecule has 1 unspecified atom stereocenters. The van der Waals surface area contributed by atoms with Gasteiger partial charge in [-0.15, -0.1) is 0 Å². The van der Waals surface area contributed by atoms with Gasteiger partial charge < -0.3 is 5.32 Å². The molecule has 0 aliphatic carbocycles. The summed E-state index contributed by atoms with van der Waals surface area (Å²) in [5.74, 6) is -1.46. The second kappa shape index (κ2) is 7.11. The molecule has 0 bridgehead atoms. The Morgan fingerprint density at radius 3 is 2.32 bits per heavy atom. The van der Waals surface area contributed by atoms with Gasteiger partial charge in [-0.1, -0.05) is 0 Å². The van der Waals surface area contributed by atoms with Crippen LogP contribution in [0.1, 0.15) is 26.7 Å². The highest BCUT2D eigenvalue weighted by molar-refractivity contribution is 4.91. The minimum atomic E-state index is -4.43. The Kier molecular flexibility index (Phi) is 6.08. The molecule has 0 spiro atoms. The maximum absolute atomic E-state index is 12.7. The second-order valence-corrected chi connectivity index (χ2v) is 5.46. The van der Waals surface area contributed by atoms with Crippen LogP contribution in [-0.2, 0) is 0 Å². The van der Waals surface area contributed by atoms with E-state index in [9.17, 15) is 13.2 Å². The summed E-state index contributed by atoms with van der Waals surface area (Å²) >= 11 is 0. The van der Waals surface area contributed by atoms with Gasteiger partial charge in [0.2, 0.25) is 0 Å². The predicted molar refractivity (Wildman–Crippen MR) is 67.5 cm³/mol. The molecule has 0 saturated carbocycles. The molecule has 0 aromatic heterocycles. The molecule has 0 amide bonds. The zero-order valence-corrected chi connectivity index (χ0v) is 11.5. The number of halogens is 3. The van der Waals surface area contributed by atoms with Crippen LogP contribution in [0.3, 0.4) is 0 Å². The molecule has 1 heterocycles. The number of nitrogens with zero attached hydrogens (tertiary/aromatic N) is 2. The molecule has 1 saturated heterocycles. The second-order valence-electron chi connectivity index (χ2n) is 5.46. The fourth-order valence-electron chi connectivity index (χ4n) is 2.34. The fourth-order valence-corrected chi connectivity index (χ4v) is 2.34. The summed E-state index contributed by atoms with van der Waals surface area (Å²) < 4.78 is 38.0. The molecule has 1 aliphatic rings. The topological polar surface area (TPSA) is 39.1 Å². The highest BCUT2D eigenvalue weighted by Gasteiger charge is 2.41. The Hall–Kier alpha value is -0.800. The lowest BCUT2D eigenvalue weighted by Crippen LogP contribution is -2.44. The lowest BCUT2D eigenvalue weighted by Gasteiger charge is -2.34. The summed E-state index contributed by atoms with van der Waals surface area (Å²) in [7, 11) is 0. The minimum absolute atomic E-state index is 0.0214. The van der Waals surface area contributed by atoms with Crippen molar-refractivity contribution in [1.29, 1.82) is 5.26 Å². The van der Waals surface area contributed by atoms with Gasteiger partial charge in [0.15, 0.2) is 5.92 Å². The third-order valence-corrected chi connectivity index (χ3v) is 3.65. The molecule has 6 heteroatoms. The molecular formula is C13H22F3N3. The molecule has 1 fully saturated rings. The van der Waals surface area contributed by atoms with E-state index in [1.54, 1.807) is 4.90 Å². The maximum atomic E-state index is 12.7. The first-order valence-corrected chi connectivity index (χ1v) is 6.75. The standard InChI is InChI=1S/C13H22F3N3/c1-10(2)19(8-11-3-5-18-6-4-11)9-12(7-17)13(14,15)16/h10-12,18H,3-6,8-9H2,1-2H3.